The fourth-order valence-corrected chi connectivity index (χ4v) is 2.28. The van der Waals surface area contributed by atoms with E-state index in [4.69, 9.17) is 0 Å². The SMILES string of the molecule is Cc1cc(C(F)(F)F)c(I)n2nc(C(F)(F)F)nc12. The number of hydrogen-bond acceptors (Lipinski definition) is 2. The van der Waals surface area contributed by atoms with Crippen molar-refractivity contribution in [3.05, 3.63) is 26.7 Å². The third kappa shape index (κ3) is 2.49. The molecular formula is C9H4F6IN3. The molecule has 0 bridgehead atoms. The van der Waals surface area contributed by atoms with Crippen LogP contribution in [0.15, 0.2) is 6.07 Å². The smallest absolute Gasteiger partial charge is 0.206 e. The third-order valence-corrected chi connectivity index (χ3v) is 3.33. The first kappa shape index (κ1) is 14.3. The van der Waals surface area contributed by atoms with E-state index in [-0.39, 0.29) is 11.2 Å². The summed E-state index contributed by atoms with van der Waals surface area (Å²) in [6.07, 6.45) is -9.47. The van der Waals surface area contributed by atoms with Crippen LogP contribution in [0.3, 0.4) is 0 Å². The topological polar surface area (TPSA) is 30.2 Å². The van der Waals surface area contributed by atoms with Crippen molar-refractivity contribution < 1.29 is 26.3 Å². The zero-order chi connectivity index (χ0) is 14.6. The zero-order valence-corrected chi connectivity index (χ0v) is 11.2. The Morgan fingerprint density at radius 1 is 1.11 bits per heavy atom. The summed E-state index contributed by atoms with van der Waals surface area (Å²) < 4.78 is 75.6. The number of fused-ring (bicyclic) bond motifs is 1. The molecule has 0 spiro atoms. The molecule has 2 aromatic heterocycles. The zero-order valence-electron chi connectivity index (χ0n) is 9.06. The van der Waals surface area contributed by atoms with E-state index in [1.54, 1.807) is 0 Å². The van der Waals surface area contributed by atoms with Crippen LogP contribution in [0.25, 0.3) is 5.65 Å². The highest BCUT2D eigenvalue weighted by atomic mass is 127. The van der Waals surface area contributed by atoms with E-state index >= 15 is 0 Å². The Morgan fingerprint density at radius 3 is 2.16 bits per heavy atom. The van der Waals surface area contributed by atoms with Gasteiger partial charge >= 0.3 is 12.4 Å². The summed E-state index contributed by atoms with van der Waals surface area (Å²) in [5, 5.41) is 3.09. The van der Waals surface area contributed by atoms with Gasteiger partial charge in [0, 0.05) is 0 Å². The van der Waals surface area contributed by atoms with Gasteiger partial charge in [0.1, 0.15) is 3.70 Å². The van der Waals surface area contributed by atoms with Gasteiger partial charge in [-0.2, -0.15) is 26.3 Å². The minimum atomic E-state index is -4.81. The molecule has 0 aliphatic heterocycles. The van der Waals surface area contributed by atoms with Crippen molar-refractivity contribution in [2.45, 2.75) is 19.3 Å². The maximum atomic E-state index is 12.7. The highest BCUT2D eigenvalue weighted by molar-refractivity contribution is 14.1. The van der Waals surface area contributed by atoms with Crippen molar-refractivity contribution in [3.63, 3.8) is 0 Å². The summed E-state index contributed by atoms with van der Waals surface area (Å²) >= 11 is 1.30. The van der Waals surface area contributed by atoms with Crippen molar-refractivity contribution in [3.8, 4) is 0 Å². The Labute approximate surface area is 115 Å². The Bertz CT molecular complexity index is 642. The Kier molecular flexibility index (Phi) is 3.18. The summed E-state index contributed by atoms with van der Waals surface area (Å²) in [4.78, 5) is 3.22. The van der Waals surface area contributed by atoms with Crippen LogP contribution < -0.4 is 0 Å². The normalized spacial score (nSPS) is 13.3. The Hall–Kier alpha value is -1.07. The molecule has 0 atom stereocenters. The minimum Gasteiger partial charge on any atom is -0.206 e. The number of halogens is 7. The van der Waals surface area contributed by atoms with E-state index in [0.717, 1.165) is 6.07 Å². The number of nitrogens with zero attached hydrogens (tertiary/aromatic N) is 3. The monoisotopic (exact) mass is 395 g/mol. The van der Waals surface area contributed by atoms with Crippen molar-refractivity contribution >= 4 is 28.2 Å². The molecule has 104 valence electrons. The molecule has 0 aliphatic rings. The van der Waals surface area contributed by atoms with Gasteiger partial charge in [-0.3, -0.25) is 0 Å². The molecule has 0 radical (unpaired) electrons. The van der Waals surface area contributed by atoms with Gasteiger partial charge in [0.2, 0.25) is 0 Å². The van der Waals surface area contributed by atoms with Crippen molar-refractivity contribution in [2.75, 3.05) is 0 Å². The van der Waals surface area contributed by atoms with Crippen LogP contribution in [0.1, 0.15) is 17.0 Å². The first-order chi connectivity index (χ1) is 8.51. The first-order valence-corrected chi connectivity index (χ1v) is 5.80. The molecule has 0 N–H and O–H groups in total. The summed E-state index contributed by atoms with van der Waals surface area (Å²) in [5.41, 5.74) is -1.32. The van der Waals surface area contributed by atoms with E-state index in [1.807, 2.05) is 0 Å². The Morgan fingerprint density at radius 2 is 1.68 bits per heavy atom. The third-order valence-electron chi connectivity index (χ3n) is 2.29. The molecule has 0 saturated carbocycles. The molecule has 0 fully saturated rings. The van der Waals surface area contributed by atoms with Crippen LogP contribution in [0, 0.1) is 10.6 Å². The predicted octanol–water partition coefficient (Wildman–Crippen LogP) is 3.68. The molecular weight excluding hydrogens is 391 g/mol. The number of aryl methyl sites for hydroxylation is 1. The maximum Gasteiger partial charge on any atom is 0.453 e. The van der Waals surface area contributed by atoms with Gasteiger partial charge in [-0.05, 0) is 41.1 Å². The number of alkyl halides is 6. The number of hydrogen-bond donors (Lipinski definition) is 0. The molecule has 0 aliphatic carbocycles. The maximum absolute atomic E-state index is 12.7. The number of pyridine rings is 1. The highest BCUT2D eigenvalue weighted by Crippen LogP contribution is 2.35. The molecule has 10 heteroatoms. The predicted molar refractivity (Wildman–Crippen MR) is 60.4 cm³/mol. The molecule has 2 heterocycles. The van der Waals surface area contributed by atoms with Crippen LogP contribution in [-0.4, -0.2) is 14.6 Å². The van der Waals surface area contributed by atoms with E-state index in [9.17, 15) is 26.3 Å². The standard InChI is InChI=1S/C9H4F6IN3/c1-3-2-4(8(10,11)12)5(16)19-6(3)17-7(18-19)9(13,14)15/h2H,1H3. The molecule has 2 rings (SSSR count). The molecule has 3 nitrogen and oxygen atoms in total. The van der Waals surface area contributed by atoms with E-state index in [0.29, 0.717) is 4.52 Å². The van der Waals surface area contributed by atoms with Crippen LogP contribution >= 0.6 is 22.6 Å². The quantitative estimate of drug-likeness (QED) is 0.387. The average Bonchev–Trinajstić information content (AvgIpc) is 2.66. The van der Waals surface area contributed by atoms with E-state index in [2.05, 4.69) is 10.1 Å². The summed E-state index contributed by atoms with van der Waals surface area (Å²) in [6, 6.07) is 0.756. The van der Waals surface area contributed by atoms with Crippen molar-refractivity contribution in [2.24, 2.45) is 0 Å². The number of aromatic nitrogens is 3. The van der Waals surface area contributed by atoms with Crippen molar-refractivity contribution in [1.82, 2.24) is 14.6 Å². The second-order valence-corrected chi connectivity index (χ2v) is 4.72. The number of rotatable bonds is 0. The summed E-state index contributed by atoms with van der Waals surface area (Å²) in [5.74, 6) is -1.46. The summed E-state index contributed by atoms with van der Waals surface area (Å²) in [7, 11) is 0. The van der Waals surface area contributed by atoms with Crippen LogP contribution in [0.4, 0.5) is 26.3 Å². The van der Waals surface area contributed by atoms with Gasteiger partial charge in [0.25, 0.3) is 5.82 Å². The van der Waals surface area contributed by atoms with Gasteiger partial charge in [-0.25, -0.2) is 9.50 Å². The second kappa shape index (κ2) is 4.21. The van der Waals surface area contributed by atoms with Gasteiger partial charge < -0.3 is 0 Å². The van der Waals surface area contributed by atoms with Crippen LogP contribution in [0.2, 0.25) is 0 Å². The van der Waals surface area contributed by atoms with Crippen LogP contribution in [-0.2, 0) is 12.4 Å². The average molecular weight is 395 g/mol. The fraction of sp³-hybridized carbons (Fsp3) is 0.333. The van der Waals surface area contributed by atoms with Gasteiger partial charge in [0.05, 0.1) is 5.56 Å². The summed E-state index contributed by atoms with van der Waals surface area (Å²) in [6.45, 7) is 1.25. The molecule has 0 saturated heterocycles. The molecule has 2 aromatic rings. The van der Waals surface area contributed by atoms with E-state index < -0.39 is 27.4 Å². The lowest BCUT2D eigenvalue weighted by atomic mass is 10.2. The lowest BCUT2D eigenvalue weighted by molar-refractivity contribution is -0.144. The minimum absolute atomic E-state index is 0.0317. The van der Waals surface area contributed by atoms with Crippen LogP contribution in [0.5, 0.6) is 0 Å². The first-order valence-electron chi connectivity index (χ1n) is 4.72. The van der Waals surface area contributed by atoms with Crippen molar-refractivity contribution in [1.29, 1.82) is 0 Å². The lowest BCUT2D eigenvalue weighted by Gasteiger charge is -2.11. The Balaban J connectivity index is 2.79. The van der Waals surface area contributed by atoms with Gasteiger partial charge in [-0.15, -0.1) is 5.10 Å². The molecule has 0 amide bonds. The molecule has 19 heavy (non-hydrogen) atoms. The molecule has 0 aromatic carbocycles. The second-order valence-electron chi connectivity index (χ2n) is 3.70. The fourth-order valence-electron chi connectivity index (χ4n) is 1.48. The highest BCUT2D eigenvalue weighted by Gasteiger charge is 2.39. The van der Waals surface area contributed by atoms with E-state index in [1.165, 1.54) is 29.5 Å². The van der Waals surface area contributed by atoms with Gasteiger partial charge in [-0.1, -0.05) is 0 Å². The largest absolute Gasteiger partial charge is 0.453 e. The molecule has 0 unspecified atom stereocenters. The van der Waals surface area contributed by atoms with Gasteiger partial charge in [0.15, 0.2) is 5.65 Å². The lowest BCUT2D eigenvalue weighted by Crippen LogP contribution is -2.12.